The normalized spacial score (nSPS) is 10.9. The third kappa shape index (κ3) is 6.07. The molecule has 0 aliphatic rings. The van der Waals surface area contributed by atoms with Gasteiger partial charge in [-0.15, -0.1) is 0 Å². The van der Waals surface area contributed by atoms with E-state index in [2.05, 4.69) is 45.1 Å². The number of hydrogen-bond donors (Lipinski definition) is 2. The first kappa shape index (κ1) is 25.7. The maximum absolute atomic E-state index is 12.1. The van der Waals surface area contributed by atoms with Gasteiger partial charge in [0.25, 0.3) is 0 Å². The highest BCUT2D eigenvalue weighted by molar-refractivity contribution is 6.00. The van der Waals surface area contributed by atoms with Crippen LogP contribution in [-0.2, 0) is 11.8 Å². The number of nitrogens with one attached hydrogen (secondary N) is 2. The van der Waals surface area contributed by atoms with E-state index in [1.165, 1.54) is 6.08 Å². The summed E-state index contributed by atoms with van der Waals surface area (Å²) in [6, 6.07) is 13.6. The lowest BCUT2D eigenvalue weighted by molar-refractivity contribution is -0.111. The fraction of sp³-hybridized carbons (Fsp3) is 0.250. The largest absolute Gasteiger partial charge is 0.492 e. The maximum atomic E-state index is 12.1. The van der Waals surface area contributed by atoms with E-state index in [0.29, 0.717) is 48.6 Å². The van der Waals surface area contributed by atoms with Gasteiger partial charge in [0, 0.05) is 48.5 Å². The number of hydrogen-bond acceptors (Lipinski definition) is 7. The van der Waals surface area contributed by atoms with Crippen molar-refractivity contribution in [3.05, 3.63) is 67.5 Å². The minimum absolute atomic E-state index is 0.346. The molecule has 0 radical (unpaired) electrons. The summed E-state index contributed by atoms with van der Waals surface area (Å²) in [7, 11) is 5.95. The van der Waals surface area contributed by atoms with Crippen LogP contribution < -0.4 is 20.1 Å². The second-order valence-electron chi connectivity index (χ2n) is 8.68. The summed E-state index contributed by atoms with van der Waals surface area (Å²) in [4.78, 5) is 23.3. The van der Waals surface area contributed by atoms with Crippen molar-refractivity contribution in [2.75, 3.05) is 44.5 Å². The highest BCUT2D eigenvalue weighted by Gasteiger charge is 2.16. The second-order valence-corrected chi connectivity index (χ2v) is 8.68. The first-order valence-electron chi connectivity index (χ1n) is 12.1. The molecule has 2 heterocycles. The number of benzene rings is 2. The van der Waals surface area contributed by atoms with Gasteiger partial charge < -0.3 is 29.6 Å². The molecular weight excluding hydrogens is 468 g/mol. The number of amides is 1. The standard InChI is InChI=1S/C28H32N6O3/c1-6-27(35)30-22-16-23(25(36-7-2)17-26(22)37-15-14-33(3)4)32-28-29-13-12-21(31-28)20-18-34(5)24-11-9-8-10-19(20)24/h6,8-13,16-18H,1,7,14-15H2,2-5H3,(H,30,35)(H,29,31,32). The lowest BCUT2D eigenvalue weighted by Crippen LogP contribution is -2.20. The zero-order valence-corrected chi connectivity index (χ0v) is 21.6. The number of aromatic nitrogens is 3. The number of rotatable bonds is 11. The molecule has 0 bridgehead atoms. The van der Waals surface area contributed by atoms with E-state index in [9.17, 15) is 4.79 Å². The minimum atomic E-state index is -0.346. The van der Waals surface area contributed by atoms with E-state index in [0.717, 1.165) is 22.2 Å². The van der Waals surface area contributed by atoms with Crippen LogP contribution in [0.2, 0.25) is 0 Å². The Labute approximate surface area is 216 Å². The number of para-hydroxylation sites is 1. The molecule has 9 heteroatoms. The van der Waals surface area contributed by atoms with Gasteiger partial charge in [0.05, 0.1) is 23.7 Å². The molecule has 0 saturated heterocycles. The third-order valence-corrected chi connectivity index (χ3v) is 5.70. The number of likely N-dealkylation sites (N-methyl/N-ethyl adjacent to an activating group) is 1. The summed E-state index contributed by atoms with van der Waals surface area (Å²) in [5.41, 5.74) is 4.00. The molecule has 2 aromatic carbocycles. The van der Waals surface area contributed by atoms with E-state index >= 15 is 0 Å². The summed E-state index contributed by atoms with van der Waals surface area (Å²) in [5, 5.41) is 7.19. The Bertz CT molecular complexity index is 1410. The van der Waals surface area contributed by atoms with Gasteiger partial charge in [-0.25, -0.2) is 9.97 Å². The van der Waals surface area contributed by atoms with E-state index in [-0.39, 0.29) is 5.91 Å². The van der Waals surface area contributed by atoms with Gasteiger partial charge in [-0.05, 0) is 45.3 Å². The van der Waals surface area contributed by atoms with Gasteiger partial charge >= 0.3 is 0 Å². The average molecular weight is 501 g/mol. The van der Waals surface area contributed by atoms with Crippen LogP contribution in [0.3, 0.4) is 0 Å². The number of aryl methyl sites for hydroxylation is 1. The molecule has 9 nitrogen and oxygen atoms in total. The van der Waals surface area contributed by atoms with Crippen LogP contribution in [0.4, 0.5) is 17.3 Å². The van der Waals surface area contributed by atoms with E-state index in [1.807, 2.05) is 51.2 Å². The molecule has 192 valence electrons. The van der Waals surface area contributed by atoms with Crippen LogP contribution in [-0.4, -0.2) is 59.2 Å². The van der Waals surface area contributed by atoms with Crippen molar-refractivity contribution in [2.45, 2.75) is 6.92 Å². The Kier molecular flexibility index (Phi) is 8.05. The SMILES string of the molecule is C=CC(=O)Nc1cc(Nc2nccc(-c3cn(C)c4ccccc34)n2)c(OCC)cc1OCCN(C)C. The average Bonchev–Trinajstić information content (AvgIpc) is 3.23. The topological polar surface area (TPSA) is 93.5 Å². The van der Waals surface area contributed by atoms with Gasteiger partial charge in [0.1, 0.15) is 18.1 Å². The third-order valence-electron chi connectivity index (χ3n) is 5.70. The number of carbonyl (C=O) groups is 1. The Balaban J connectivity index is 1.70. The molecule has 0 atom stereocenters. The number of carbonyl (C=O) groups excluding carboxylic acids is 1. The molecule has 2 aromatic heterocycles. The van der Waals surface area contributed by atoms with E-state index in [4.69, 9.17) is 14.5 Å². The van der Waals surface area contributed by atoms with Crippen LogP contribution in [0.5, 0.6) is 11.5 Å². The van der Waals surface area contributed by atoms with Crippen LogP contribution in [0.15, 0.2) is 67.5 Å². The summed E-state index contributed by atoms with van der Waals surface area (Å²) >= 11 is 0. The molecule has 37 heavy (non-hydrogen) atoms. The molecule has 0 unspecified atom stereocenters. The molecule has 0 saturated carbocycles. The Morgan fingerprint density at radius 2 is 1.92 bits per heavy atom. The predicted molar refractivity (Wildman–Crippen MR) is 148 cm³/mol. The van der Waals surface area contributed by atoms with E-state index in [1.54, 1.807) is 18.3 Å². The van der Waals surface area contributed by atoms with Crippen LogP contribution >= 0.6 is 0 Å². The van der Waals surface area contributed by atoms with Crippen molar-refractivity contribution >= 4 is 34.1 Å². The first-order valence-corrected chi connectivity index (χ1v) is 12.1. The summed E-state index contributed by atoms with van der Waals surface area (Å²) < 4.78 is 13.9. The highest BCUT2D eigenvalue weighted by atomic mass is 16.5. The van der Waals surface area contributed by atoms with Crippen molar-refractivity contribution in [3.63, 3.8) is 0 Å². The van der Waals surface area contributed by atoms with Crippen LogP contribution in [0.1, 0.15) is 6.92 Å². The smallest absolute Gasteiger partial charge is 0.247 e. The van der Waals surface area contributed by atoms with Crippen LogP contribution in [0.25, 0.3) is 22.2 Å². The van der Waals surface area contributed by atoms with Gasteiger partial charge in [0.2, 0.25) is 11.9 Å². The lowest BCUT2D eigenvalue weighted by Gasteiger charge is -2.19. The van der Waals surface area contributed by atoms with Crippen molar-refractivity contribution in [1.29, 1.82) is 0 Å². The first-order chi connectivity index (χ1) is 17.9. The van der Waals surface area contributed by atoms with Gasteiger partial charge in [-0.2, -0.15) is 0 Å². The fourth-order valence-electron chi connectivity index (χ4n) is 3.91. The minimum Gasteiger partial charge on any atom is -0.492 e. The van der Waals surface area contributed by atoms with Crippen molar-refractivity contribution in [1.82, 2.24) is 19.4 Å². The number of fused-ring (bicyclic) bond motifs is 1. The molecule has 0 aliphatic carbocycles. The monoisotopic (exact) mass is 500 g/mol. The Hall–Kier alpha value is -4.37. The zero-order valence-electron chi connectivity index (χ0n) is 21.6. The maximum Gasteiger partial charge on any atom is 0.247 e. The number of nitrogens with zero attached hydrogens (tertiary/aromatic N) is 4. The van der Waals surface area contributed by atoms with Gasteiger partial charge in [0.15, 0.2) is 0 Å². The molecule has 2 N–H and O–H groups in total. The molecule has 4 rings (SSSR count). The quantitative estimate of drug-likeness (QED) is 0.285. The predicted octanol–water partition coefficient (Wildman–Crippen LogP) is 4.84. The summed E-state index contributed by atoms with van der Waals surface area (Å²) in [6.07, 6.45) is 4.99. The van der Waals surface area contributed by atoms with Gasteiger partial charge in [-0.3, -0.25) is 4.79 Å². The molecule has 1 amide bonds. The van der Waals surface area contributed by atoms with Gasteiger partial charge in [-0.1, -0.05) is 24.8 Å². The Morgan fingerprint density at radius 1 is 1.14 bits per heavy atom. The summed E-state index contributed by atoms with van der Waals surface area (Å²) in [5.74, 6) is 1.10. The lowest BCUT2D eigenvalue weighted by atomic mass is 10.1. The molecule has 4 aromatic rings. The summed E-state index contributed by atoms with van der Waals surface area (Å²) in [6.45, 7) is 7.06. The van der Waals surface area contributed by atoms with E-state index < -0.39 is 0 Å². The van der Waals surface area contributed by atoms with Crippen molar-refractivity contribution in [2.24, 2.45) is 7.05 Å². The zero-order chi connectivity index (χ0) is 26.4. The molecule has 0 fully saturated rings. The molecule has 0 aliphatic heterocycles. The number of ether oxygens (including phenoxy) is 2. The molecule has 0 spiro atoms. The van der Waals surface area contributed by atoms with Crippen LogP contribution in [0, 0.1) is 0 Å². The number of anilines is 3. The molecular formula is C28H32N6O3. The fourth-order valence-corrected chi connectivity index (χ4v) is 3.91. The second kappa shape index (κ2) is 11.6. The van der Waals surface area contributed by atoms with Crippen molar-refractivity contribution in [3.8, 4) is 22.8 Å². The van der Waals surface area contributed by atoms with Crippen molar-refractivity contribution < 1.29 is 14.3 Å². The Morgan fingerprint density at radius 3 is 2.68 bits per heavy atom. The highest BCUT2D eigenvalue weighted by Crippen LogP contribution is 2.38.